The number of rotatable bonds is 2. The lowest BCUT2D eigenvalue weighted by atomic mass is 10.3. The SMILES string of the molecule is CC(NN)c1sccc1F. The minimum Gasteiger partial charge on any atom is -0.271 e. The molecule has 0 spiro atoms. The number of hydrogen-bond donors (Lipinski definition) is 2. The van der Waals surface area contributed by atoms with Crippen LogP contribution >= 0.6 is 11.3 Å². The number of halogens is 1. The third kappa shape index (κ3) is 1.34. The lowest BCUT2D eigenvalue weighted by Crippen LogP contribution is -2.25. The summed E-state index contributed by atoms with van der Waals surface area (Å²) < 4.78 is 12.7. The van der Waals surface area contributed by atoms with E-state index < -0.39 is 0 Å². The maximum atomic E-state index is 12.7. The van der Waals surface area contributed by atoms with Gasteiger partial charge in [-0.3, -0.25) is 11.3 Å². The lowest BCUT2D eigenvalue weighted by Gasteiger charge is -2.05. The maximum Gasteiger partial charge on any atom is 0.138 e. The molecule has 0 aromatic carbocycles. The van der Waals surface area contributed by atoms with Crippen LogP contribution in [0.5, 0.6) is 0 Å². The van der Waals surface area contributed by atoms with Crippen LogP contribution in [0.15, 0.2) is 11.4 Å². The highest BCUT2D eigenvalue weighted by molar-refractivity contribution is 7.10. The van der Waals surface area contributed by atoms with E-state index in [1.54, 1.807) is 5.38 Å². The highest BCUT2D eigenvalue weighted by atomic mass is 32.1. The van der Waals surface area contributed by atoms with Crippen molar-refractivity contribution in [3.8, 4) is 0 Å². The molecule has 2 nitrogen and oxygen atoms in total. The molecule has 0 fully saturated rings. The van der Waals surface area contributed by atoms with Gasteiger partial charge >= 0.3 is 0 Å². The van der Waals surface area contributed by atoms with Gasteiger partial charge in [0.25, 0.3) is 0 Å². The van der Waals surface area contributed by atoms with E-state index in [1.807, 2.05) is 6.92 Å². The van der Waals surface area contributed by atoms with Gasteiger partial charge in [0.2, 0.25) is 0 Å². The second-order valence-corrected chi connectivity index (χ2v) is 2.97. The standard InChI is InChI=1S/C6H9FN2S/c1-4(9-8)6-5(7)2-3-10-6/h2-4,9H,8H2,1H3. The first kappa shape index (κ1) is 7.65. The number of thiophene rings is 1. The fourth-order valence-electron chi connectivity index (χ4n) is 0.690. The molecule has 56 valence electrons. The van der Waals surface area contributed by atoms with E-state index in [0.717, 1.165) is 0 Å². The molecular formula is C6H9FN2S. The van der Waals surface area contributed by atoms with Crippen molar-refractivity contribution in [3.05, 3.63) is 22.1 Å². The number of hydrazine groups is 1. The molecular weight excluding hydrogens is 151 g/mol. The highest BCUT2D eigenvalue weighted by Gasteiger charge is 2.09. The smallest absolute Gasteiger partial charge is 0.138 e. The minimum absolute atomic E-state index is 0.0972. The van der Waals surface area contributed by atoms with Crippen molar-refractivity contribution in [1.82, 2.24) is 5.43 Å². The molecule has 0 aliphatic rings. The molecule has 0 bridgehead atoms. The zero-order valence-corrected chi connectivity index (χ0v) is 6.41. The average molecular weight is 160 g/mol. The zero-order chi connectivity index (χ0) is 7.56. The summed E-state index contributed by atoms with van der Waals surface area (Å²) in [5, 5.41) is 1.71. The molecule has 1 atom stereocenters. The predicted molar refractivity (Wildman–Crippen MR) is 40.0 cm³/mol. The van der Waals surface area contributed by atoms with Crippen LogP contribution in [0.4, 0.5) is 4.39 Å². The predicted octanol–water partition coefficient (Wildman–Crippen LogP) is 1.41. The molecule has 10 heavy (non-hydrogen) atoms. The Morgan fingerprint density at radius 1 is 1.80 bits per heavy atom. The molecule has 3 N–H and O–H groups in total. The van der Waals surface area contributed by atoms with Gasteiger partial charge in [0.15, 0.2) is 0 Å². The van der Waals surface area contributed by atoms with Crippen molar-refractivity contribution in [2.75, 3.05) is 0 Å². The van der Waals surface area contributed by atoms with Crippen molar-refractivity contribution in [2.45, 2.75) is 13.0 Å². The van der Waals surface area contributed by atoms with E-state index in [-0.39, 0.29) is 11.9 Å². The first-order chi connectivity index (χ1) is 4.75. The van der Waals surface area contributed by atoms with Crippen LogP contribution in [0.2, 0.25) is 0 Å². The van der Waals surface area contributed by atoms with Crippen LogP contribution in [-0.2, 0) is 0 Å². The van der Waals surface area contributed by atoms with E-state index >= 15 is 0 Å². The van der Waals surface area contributed by atoms with Gasteiger partial charge in [0.1, 0.15) is 5.82 Å². The van der Waals surface area contributed by atoms with Gasteiger partial charge in [0, 0.05) is 0 Å². The van der Waals surface area contributed by atoms with Crippen LogP contribution in [0.1, 0.15) is 17.8 Å². The fourth-order valence-corrected chi connectivity index (χ4v) is 1.48. The number of nitrogens with one attached hydrogen (secondary N) is 1. The molecule has 4 heteroatoms. The van der Waals surface area contributed by atoms with Gasteiger partial charge in [-0.25, -0.2) is 4.39 Å². The number of nitrogens with two attached hydrogens (primary N) is 1. The molecule has 1 aromatic rings. The molecule has 1 aromatic heterocycles. The minimum atomic E-state index is -0.185. The first-order valence-electron chi connectivity index (χ1n) is 2.94. The van der Waals surface area contributed by atoms with Gasteiger partial charge in [-0.15, -0.1) is 11.3 Å². The van der Waals surface area contributed by atoms with Crippen molar-refractivity contribution >= 4 is 11.3 Å². The summed E-state index contributed by atoms with van der Waals surface area (Å²) >= 11 is 1.36. The van der Waals surface area contributed by atoms with E-state index in [2.05, 4.69) is 5.43 Å². The Morgan fingerprint density at radius 3 is 2.90 bits per heavy atom. The van der Waals surface area contributed by atoms with E-state index in [9.17, 15) is 4.39 Å². The molecule has 1 unspecified atom stereocenters. The van der Waals surface area contributed by atoms with E-state index in [0.29, 0.717) is 4.88 Å². The average Bonchev–Trinajstić information content (AvgIpc) is 2.34. The summed E-state index contributed by atoms with van der Waals surface area (Å²) in [6.07, 6.45) is 0. The Labute approximate surface area is 62.8 Å². The summed E-state index contributed by atoms with van der Waals surface area (Å²) in [7, 11) is 0. The zero-order valence-electron chi connectivity index (χ0n) is 5.60. The van der Waals surface area contributed by atoms with Crippen LogP contribution in [0.3, 0.4) is 0 Å². The molecule has 0 radical (unpaired) electrons. The summed E-state index contributed by atoms with van der Waals surface area (Å²) in [6.45, 7) is 1.81. The molecule has 1 rings (SSSR count). The Morgan fingerprint density at radius 2 is 2.50 bits per heavy atom. The molecule has 1 heterocycles. The van der Waals surface area contributed by atoms with Gasteiger partial charge < -0.3 is 0 Å². The molecule has 0 saturated carbocycles. The van der Waals surface area contributed by atoms with E-state index in [4.69, 9.17) is 5.84 Å². The third-order valence-electron chi connectivity index (χ3n) is 1.29. The Balaban J connectivity index is 2.82. The number of hydrogen-bond acceptors (Lipinski definition) is 3. The van der Waals surface area contributed by atoms with E-state index in [1.165, 1.54) is 17.4 Å². The normalized spacial score (nSPS) is 13.5. The summed E-state index contributed by atoms with van der Waals surface area (Å²) in [5.74, 6) is 4.94. The van der Waals surface area contributed by atoms with Gasteiger partial charge in [0.05, 0.1) is 10.9 Å². The molecule has 0 saturated heterocycles. The maximum absolute atomic E-state index is 12.7. The van der Waals surface area contributed by atoms with Crippen molar-refractivity contribution in [2.24, 2.45) is 5.84 Å². The van der Waals surface area contributed by atoms with Gasteiger partial charge in [-0.2, -0.15) is 0 Å². The molecule has 0 aliphatic carbocycles. The van der Waals surface area contributed by atoms with Gasteiger partial charge in [-0.05, 0) is 18.4 Å². The van der Waals surface area contributed by atoms with Crippen molar-refractivity contribution in [3.63, 3.8) is 0 Å². The Kier molecular flexibility index (Phi) is 2.37. The fraction of sp³-hybridized carbons (Fsp3) is 0.333. The van der Waals surface area contributed by atoms with Crippen LogP contribution in [0, 0.1) is 5.82 Å². The Bertz CT molecular complexity index is 211. The van der Waals surface area contributed by atoms with Crippen molar-refractivity contribution in [1.29, 1.82) is 0 Å². The second-order valence-electron chi connectivity index (χ2n) is 2.02. The van der Waals surface area contributed by atoms with Crippen molar-refractivity contribution < 1.29 is 4.39 Å². The second kappa shape index (κ2) is 3.09. The Hall–Kier alpha value is -0.450. The van der Waals surface area contributed by atoms with Crippen LogP contribution in [0.25, 0.3) is 0 Å². The monoisotopic (exact) mass is 160 g/mol. The van der Waals surface area contributed by atoms with Gasteiger partial charge in [-0.1, -0.05) is 0 Å². The van der Waals surface area contributed by atoms with Crippen LogP contribution < -0.4 is 11.3 Å². The quantitative estimate of drug-likeness (QED) is 0.507. The molecule has 0 amide bonds. The summed E-state index contributed by atoms with van der Waals surface area (Å²) in [4.78, 5) is 0.655. The summed E-state index contributed by atoms with van der Waals surface area (Å²) in [6, 6.07) is 1.34. The summed E-state index contributed by atoms with van der Waals surface area (Å²) in [5.41, 5.74) is 2.48. The molecule has 0 aliphatic heterocycles. The highest BCUT2D eigenvalue weighted by Crippen LogP contribution is 2.21. The lowest BCUT2D eigenvalue weighted by molar-refractivity contribution is 0.555. The largest absolute Gasteiger partial charge is 0.271 e. The first-order valence-corrected chi connectivity index (χ1v) is 3.82. The third-order valence-corrected chi connectivity index (χ3v) is 2.36. The van der Waals surface area contributed by atoms with Crippen LogP contribution in [-0.4, -0.2) is 0 Å². The topological polar surface area (TPSA) is 38.0 Å².